The maximum absolute atomic E-state index is 11.4. The van der Waals surface area contributed by atoms with E-state index in [4.69, 9.17) is 19.7 Å². The highest BCUT2D eigenvalue weighted by Gasteiger charge is 2.04. The lowest BCUT2D eigenvalue weighted by Crippen LogP contribution is -2.05. The molecule has 0 aromatic heterocycles. The van der Waals surface area contributed by atoms with Crippen LogP contribution in [0, 0.1) is 0 Å². The zero-order valence-corrected chi connectivity index (χ0v) is 16.1. The standard InChI is InChI=1S/C12H16O2.C4H10O.C2H6O2.C2H4/c1-2-3-7-10-14-12(13)11-8-5-4-6-9-11;1-3-5-4-2;3-1-2-4;1-2/h4-6,8-9H,2-3,7,10H2,1H3;3-4H2,1-2H3;3-4H,1-2H2;1-2H2. The molecule has 0 bridgehead atoms. The van der Waals surface area contributed by atoms with Crippen molar-refractivity contribution in [2.75, 3.05) is 33.0 Å². The molecule has 1 aromatic carbocycles. The number of aliphatic hydroxyl groups is 2. The highest BCUT2D eigenvalue weighted by molar-refractivity contribution is 5.89. The molecular weight excluding hydrogens is 320 g/mol. The summed E-state index contributed by atoms with van der Waals surface area (Å²) in [6, 6.07) is 9.09. The molecule has 0 saturated heterocycles. The van der Waals surface area contributed by atoms with Crippen LogP contribution >= 0.6 is 0 Å². The van der Waals surface area contributed by atoms with Crippen LogP contribution in [0.5, 0.6) is 0 Å². The summed E-state index contributed by atoms with van der Waals surface area (Å²) in [6.45, 7) is 14.1. The second-order valence-electron chi connectivity index (χ2n) is 4.44. The first-order valence-corrected chi connectivity index (χ1v) is 8.69. The van der Waals surface area contributed by atoms with E-state index in [1.807, 2.05) is 32.0 Å². The van der Waals surface area contributed by atoms with Crippen molar-refractivity contribution in [2.24, 2.45) is 0 Å². The number of esters is 1. The van der Waals surface area contributed by atoms with E-state index in [9.17, 15) is 4.79 Å². The lowest BCUT2D eigenvalue weighted by atomic mass is 10.2. The van der Waals surface area contributed by atoms with Crippen LogP contribution in [0.3, 0.4) is 0 Å². The zero-order valence-electron chi connectivity index (χ0n) is 16.1. The largest absolute Gasteiger partial charge is 0.462 e. The van der Waals surface area contributed by atoms with Crippen molar-refractivity contribution in [1.29, 1.82) is 0 Å². The van der Waals surface area contributed by atoms with Gasteiger partial charge in [0, 0.05) is 13.2 Å². The summed E-state index contributed by atoms with van der Waals surface area (Å²) in [5.74, 6) is -0.221. The molecule has 5 nitrogen and oxygen atoms in total. The quantitative estimate of drug-likeness (QED) is 0.420. The Hall–Kier alpha value is -1.69. The van der Waals surface area contributed by atoms with Crippen molar-refractivity contribution in [3.8, 4) is 0 Å². The molecular formula is C20H36O5. The molecule has 0 aliphatic carbocycles. The van der Waals surface area contributed by atoms with Gasteiger partial charge in [-0.25, -0.2) is 4.79 Å². The highest BCUT2D eigenvalue weighted by atomic mass is 16.5. The zero-order chi connectivity index (χ0) is 19.8. The summed E-state index contributed by atoms with van der Waals surface area (Å²) in [5, 5.41) is 15.2. The summed E-state index contributed by atoms with van der Waals surface area (Å²) >= 11 is 0. The fourth-order valence-electron chi connectivity index (χ4n) is 1.38. The molecule has 2 N–H and O–H groups in total. The molecule has 0 unspecified atom stereocenters. The number of hydrogen-bond acceptors (Lipinski definition) is 5. The molecule has 0 atom stereocenters. The fraction of sp³-hybridized carbons (Fsp3) is 0.550. The van der Waals surface area contributed by atoms with E-state index in [1.54, 1.807) is 12.1 Å². The molecule has 0 saturated carbocycles. The number of carbonyl (C=O) groups excluding carboxylic acids is 1. The third kappa shape index (κ3) is 24.7. The van der Waals surface area contributed by atoms with Crippen LogP contribution < -0.4 is 0 Å². The van der Waals surface area contributed by atoms with Crippen LogP contribution in [0.2, 0.25) is 0 Å². The van der Waals surface area contributed by atoms with Crippen LogP contribution in [0.4, 0.5) is 0 Å². The monoisotopic (exact) mass is 356 g/mol. The summed E-state index contributed by atoms with van der Waals surface area (Å²) in [4.78, 5) is 11.4. The van der Waals surface area contributed by atoms with E-state index in [-0.39, 0.29) is 19.2 Å². The average molecular weight is 357 g/mol. The van der Waals surface area contributed by atoms with Crippen molar-refractivity contribution in [2.45, 2.75) is 40.0 Å². The van der Waals surface area contributed by atoms with Gasteiger partial charge >= 0.3 is 5.97 Å². The minimum absolute atomic E-state index is 0.125. The van der Waals surface area contributed by atoms with Crippen molar-refractivity contribution < 1.29 is 24.5 Å². The van der Waals surface area contributed by atoms with Crippen LogP contribution in [-0.4, -0.2) is 49.2 Å². The van der Waals surface area contributed by atoms with Crippen molar-refractivity contribution in [3.05, 3.63) is 49.1 Å². The molecule has 146 valence electrons. The molecule has 1 aromatic rings. The number of carbonyl (C=O) groups is 1. The molecule has 0 amide bonds. The van der Waals surface area contributed by atoms with Gasteiger partial charge in [0.1, 0.15) is 0 Å². The first-order chi connectivity index (χ1) is 12.2. The smallest absolute Gasteiger partial charge is 0.338 e. The number of benzene rings is 1. The van der Waals surface area contributed by atoms with Crippen molar-refractivity contribution >= 4 is 5.97 Å². The van der Waals surface area contributed by atoms with E-state index in [0.717, 1.165) is 32.5 Å². The van der Waals surface area contributed by atoms with Crippen LogP contribution in [0.1, 0.15) is 50.4 Å². The predicted octanol–water partition coefficient (Wildman–Crippen LogP) is 3.85. The van der Waals surface area contributed by atoms with E-state index in [2.05, 4.69) is 20.1 Å². The maximum Gasteiger partial charge on any atom is 0.338 e. The first-order valence-electron chi connectivity index (χ1n) is 8.69. The van der Waals surface area contributed by atoms with Gasteiger partial charge in [-0.15, -0.1) is 13.2 Å². The molecule has 0 aliphatic heterocycles. The third-order valence-electron chi connectivity index (χ3n) is 2.50. The van der Waals surface area contributed by atoms with E-state index in [0.29, 0.717) is 12.2 Å². The Kier molecular flexibility index (Phi) is 30.6. The SMILES string of the molecule is C=C.CCCCCOC(=O)c1ccccc1.CCOCC.OCCO. The lowest BCUT2D eigenvalue weighted by molar-refractivity contribution is 0.0498. The van der Waals surface area contributed by atoms with Gasteiger partial charge in [-0.05, 0) is 32.4 Å². The summed E-state index contributed by atoms with van der Waals surface area (Å²) in [7, 11) is 0. The second-order valence-corrected chi connectivity index (χ2v) is 4.44. The van der Waals surface area contributed by atoms with Crippen molar-refractivity contribution in [3.63, 3.8) is 0 Å². The van der Waals surface area contributed by atoms with E-state index in [1.165, 1.54) is 0 Å². The van der Waals surface area contributed by atoms with Gasteiger partial charge in [0.15, 0.2) is 0 Å². The Morgan fingerprint density at radius 3 is 1.84 bits per heavy atom. The van der Waals surface area contributed by atoms with Gasteiger partial charge < -0.3 is 19.7 Å². The molecule has 25 heavy (non-hydrogen) atoms. The average Bonchev–Trinajstić information content (AvgIpc) is 2.68. The van der Waals surface area contributed by atoms with Crippen LogP contribution in [0.15, 0.2) is 43.5 Å². The minimum Gasteiger partial charge on any atom is -0.462 e. The topological polar surface area (TPSA) is 76.0 Å². The van der Waals surface area contributed by atoms with E-state index < -0.39 is 0 Å². The third-order valence-corrected chi connectivity index (χ3v) is 2.50. The molecule has 0 radical (unpaired) electrons. The number of aliphatic hydroxyl groups excluding tert-OH is 2. The van der Waals surface area contributed by atoms with Crippen molar-refractivity contribution in [1.82, 2.24) is 0 Å². The fourth-order valence-corrected chi connectivity index (χ4v) is 1.38. The van der Waals surface area contributed by atoms with E-state index >= 15 is 0 Å². The van der Waals surface area contributed by atoms with Gasteiger partial charge in [-0.1, -0.05) is 38.0 Å². The summed E-state index contributed by atoms with van der Waals surface area (Å²) < 4.78 is 9.92. The Morgan fingerprint density at radius 1 is 0.960 bits per heavy atom. The van der Waals surface area contributed by atoms with Crippen LogP contribution in [-0.2, 0) is 9.47 Å². The molecule has 1 rings (SSSR count). The minimum atomic E-state index is -0.221. The summed E-state index contributed by atoms with van der Waals surface area (Å²) in [5.41, 5.74) is 0.629. The normalized spacial score (nSPS) is 8.52. The Balaban J connectivity index is -0.000000365. The second kappa shape index (κ2) is 27.2. The Labute approximate surface area is 153 Å². The number of ether oxygens (including phenoxy) is 2. The number of unbranched alkanes of at least 4 members (excludes halogenated alkanes) is 2. The molecule has 0 heterocycles. The Morgan fingerprint density at radius 2 is 1.48 bits per heavy atom. The molecule has 0 aliphatic rings. The van der Waals surface area contributed by atoms with Gasteiger partial charge in [-0.2, -0.15) is 0 Å². The number of hydrogen-bond donors (Lipinski definition) is 2. The molecule has 0 spiro atoms. The van der Waals surface area contributed by atoms with Gasteiger partial charge in [-0.3, -0.25) is 0 Å². The highest BCUT2D eigenvalue weighted by Crippen LogP contribution is 2.02. The maximum atomic E-state index is 11.4. The first kappa shape index (κ1) is 28.1. The Bertz CT molecular complexity index is 350. The van der Waals surface area contributed by atoms with Gasteiger partial charge in [0.2, 0.25) is 0 Å². The van der Waals surface area contributed by atoms with Gasteiger partial charge in [0.05, 0.1) is 25.4 Å². The van der Waals surface area contributed by atoms with Crippen LogP contribution in [0.25, 0.3) is 0 Å². The molecule has 0 fully saturated rings. The lowest BCUT2D eigenvalue weighted by Gasteiger charge is -2.03. The predicted molar refractivity (Wildman–Crippen MR) is 104 cm³/mol. The molecule has 5 heteroatoms. The summed E-state index contributed by atoms with van der Waals surface area (Å²) in [6.07, 6.45) is 3.21. The van der Waals surface area contributed by atoms with Gasteiger partial charge in [0.25, 0.3) is 0 Å². The number of rotatable bonds is 8.